The Balaban J connectivity index is 2.55. The summed E-state index contributed by atoms with van der Waals surface area (Å²) in [4.78, 5) is 7.23. The number of rotatable bonds is 8. The average Bonchev–Trinajstić information content (AvgIpc) is 2.72. The maximum Gasteiger partial charge on any atom is 0.107 e. The summed E-state index contributed by atoms with van der Waals surface area (Å²) >= 11 is 1.76. The van der Waals surface area contributed by atoms with Crippen molar-refractivity contribution in [1.82, 2.24) is 15.2 Å². The van der Waals surface area contributed by atoms with Crippen LogP contribution in [0.25, 0.3) is 0 Å². The molecule has 1 aromatic heterocycles. The molecule has 0 bridgehead atoms. The summed E-state index contributed by atoms with van der Waals surface area (Å²) < 4.78 is 0. The minimum atomic E-state index is 0.514. The van der Waals surface area contributed by atoms with Crippen LogP contribution in [-0.2, 0) is 13.1 Å². The van der Waals surface area contributed by atoms with Crippen molar-refractivity contribution in [2.45, 2.75) is 66.7 Å². The van der Waals surface area contributed by atoms with Gasteiger partial charge in [-0.3, -0.25) is 4.90 Å². The van der Waals surface area contributed by atoms with Crippen LogP contribution in [0.4, 0.5) is 0 Å². The molecule has 4 heteroatoms. The van der Waals surface area contributed by atoms with Gasteiger partial charge in [-0.15, -0.1) is 11.3 Å². The molecule has 1 aromatic rings. The van der Waals surface area contributed by atoms with Gasteiger partial charge in [-0.1, -0.05) is 27.7 Å². The van der Waals surface area contributed by atoms with Crippen LogP contribution in [0.1, 0.15) is 52.2 Å². The number of hydrogen-bond donors (Lipinski definition) is 1. The van der Waals surface area contributed by atoms with Gasteiger partial charge in [-0.25, -0.2) is 4.98 Å². The lowest BCUT2D eigenvalue weighted by molar-refractivity contribution is 0.187. The van der Waals surface area contributed by atoms with Gasteiger partial charge in [0.25, 0.3) is 0 Å². The highest BCUT2D eigenvalue weighted by Crippen LogP contribution is 2.14. The Bertz CT molecular complexity index is 358. The van der Waals surface area contributed by atoms with E-state index in [-0.39, 0.29) is 0 Å². The number of thiazole rings is 1. The third kappa shape index (κ3) is 6.50. The SMILES string of the molecule is CC(C)CN(Cc1csc(CNC(C)C)n1)C(C)C. The fourth-order valence-electron chi connectivity index (χ4n) is 1.93. The van der Waals surface area contributed by atoms with Gasteiger partial charge in [0, 0.05) is 37.1 Å². The van der Waals surface area contributed by atoms with Crippen molar-refractivity contribution in [2.24, 2.45) is 5.92 Å². The molecule has 0 fully saturated rings. The molecule has 0 aliphatic rings. The van der Waals surface area contributed by atoms with E-state index in [1.807, 2.05) is 0 Å². The van der Waals surface area contributed by atoms with Crippen LogP contribution in [0.2, 0.25) is 0 Å². The predicted octanol–water partition coefficient (Wildman–Crippen LogP) is 3.51. The van der Waals surface area contributed by atoms with Crippen LogP contribution < -0.4 is 5.32 Å². The van der Waals surface area contributed by atoms with Crippen molar-refractivity contribution >= 4 is 11.3 Å². The smallest absolute Gasteiger partial charge is 0.107 e. The second kappa shape index (κ2) is 7.98. The first kappa shape index (κ1) is 16.6. The van der Waals surface area contributed by atoms with Gasteiger partial charge >= 0.3 is 0 Å². The van der Waals surface area contributed by atoms with Gasteiger partial charge in [-0.05, 0) is 19.8 Å². The van der Waals surface area contributed by atoms with Crippen molar-refractivity contribution < 1.29 is 0 Å². The molecule has 0 aromatic carbocycles. The van der Waals surface area contributed by atoms with Gasteiger partial charge in [0.15, 0.2) is 0 Å². The Morgan fingerprint density at radius 3 is 2.42 bits per heavy atom. The van der Waals surface area contributed by atoms with E-state index in [2.05, 4.69) is 57.1 Å². The largest absolute Gasteiger partial charge is 0.308 e. The van der Waals surface area contributed by atoms with Crippen LogP contribution in [0.15, 0.2) is 5.38 Å². The molecule has 0 aliphatic carbocycles. The van der Waals surface area contributed by atoms with Gasteiger partial charge in [-0.2, -0.15) is 0 Å². The van der Waals surface area contributed by atoms with Gasteiger partial charge in [0.2, 0.25) is 0 Å². The molecule has 1 heterocycles. The Labute approximate surface area is 122 Å². The molecular weight excluding hydrogens is 254 g/mol. The lowest BCUT2D eigenvalue weighted by Crippen LogP contribution is -2.33. The molecule has 3 nitrogen and oxygen atoms in total. The van der Waals surface area contributed by atoms with Gasteiger partial charge < -0.3 is 5.32 Å². The zero-order chi connectivity index (χ0) is 14.4. The molecule has 0 spiro atoms. The second-order valence-corrected chi connectivity index (χ2v) is 7.13. The van der Waals surface area contributed by atoms with Gasteiger partial charge in [0.1, 0.15) is 5.01 Å². The van der Waals surface area contributed by atoms with Crippen LogP contribution in [0.3, 0.4) is 0 Å². The predicted molar refractivity (Wildman–Crippen MR) is 84.5 cm³/mol. The van der Waals surface area contributed by atoms with Crippen LogP contribution in [-0.4, -0.2) is 28.5 Å². The molecule has 0 aliphatic heterocycles. The summed E-state index contributed by atoms with van der Waals surface area (Å²) in [5, 5.41) is 6.81. The molecule has 1 N–H and O–H groups in total. The molecule has 1 rings (SSSR count). The molecule has 110 valence electrons. The van der Waals surface area contributed by atoms with Crippen LogP contribution in [0.5, 0.6) is 0 Å². The maximum atomic E-state index is 4.73. The highest BCUT2D eigenvalue weighted by atomic mass is 32.1. The Hall–Kier alpha value is -0.450. The minimum Gasteiger partial charge on any atom is -0.308 e. The maximum absolute atomic E-state index is 4.73. The van der Waals surface area contributed by atoms with Crippen molar-refractivity contribution in [3.8, 4) is 0 Å². The summed E-state index contributed by atoms with van der Waals surface area (Å²) in [5.74, 6) is 0.697. The zero-order valence-corrected chi connectivity index (χ0v) is 14.0. The average molecular weight is 283 g/mol. The quantitative estimate of drug-likeness (QED) is 0.791. The Kier molecular flexibility index (Phi) is 6.97. The number of nitrogens with one attached hydrogen (secondary N) is 1. The lowest BCUT2D eigenvalue weighted by Gasteiger charge is -2.27. The van der Waals surface area contributed by atoms with E-state index in [9.17, 15) is 0 Å². The lowest BCUT2D eigenvalue weighted by atomic mass is 10.1. The summed E-state index contributed by atoms with van der Waals surface area (Å²) in [6.07, 6.45) is 0. The third-order valence-corrected chi connectivity index (χ3v) is 3.85. The summed E-state index contributed by atoms with van der Waals surface area (Å²) in [6.45, 7) is 16.4. The molecule has 0 atom stereocenters. The van der Waals surface area contributed by atoms with Crippen molar-refractivity contribution in [1.29, 1.82) is 0 Å². The van der Waals surface area contributed by atoms with E-state index in [4.69, 9.17) is 4.98 Å². The molecule has 0 unspecified atom stereocenters. The van der Waals surface area contributed by atoms with E-state index >= 15 is 0 Å². The highest BCUT2D eigenvalue weighted by Gasteiger charge is 2.13. The van der Waals surface area contributed by atoms with Crippen LogP contribution in [0, 0.1) is 5.92 Å². The highest BCUT2D eigenvalue weighted by molar-refractivity contribution is 7.09. The minimum absolute atomic E-state index is 0.514. The molecular formula is C15H29N3S. The van der Waals surface area contributed by atoms with E-state index in [0.717, 1.165) is 19.6 Å². The molecule has 0 amide bonds. The van der Waals surface area contributed by atoms with E-state index < -0.39 is 0 Å². The first-order chi connectivity index (χ1) is 8.88. The number of nitrogens with zero attached hydrogens (tertiary/aromatic N) is 2. The third-order valence-electron chi connectivity index (χ3n) is 2.96. The standard InChI is InChI=1S/C15H29N3S/c1-11(2)8-18(13(5)6)9-14-10-19-15(17-14)7-16-12(3)4/h10-13,16H,7-9H2,1-6H3. The van der Waals surface area contributed by atoms with Crippen molar-refractivity contribution in [2.75, 3.05) is 6.54 Å². The van der Waals surface area contributed by atoms with E-state index in [1.54, 1.807) is 11.3 Å². The topological polar surface area (TPSA) is 28.2 Å². The Morgan fingerprint density at radius 2 is 1.89 bits per heavy atom. The summed E-state index contributed by atoms with van der Waals surface area (Å²) in [7, 11) is 0. The van der Waals surface area contributed by atoms with Gasteiger partial charge in [0.05, 0.1) is 5.69 Å². The molecule has 0 saturated carbocycles. The van der Waals surface area contributed by atoms with Crippen molar-refractivity contribution in [3.05, 3.63) is 16.1 Å². The van der Waals surface area contributed by atoms with E-state index in [1.165, 1.54) is 10.7 Å². The number of hydrogen-bond acceptors (Lipinski definition) is 4. The van der Waals surface area contributed by atoms with Crippen molar-refractivity contribution in [3.63, 3.8) is 0 Å². The summed E-state index contributed by atoms with van der Waals surface area (Å²) in [5.41, 5.74) is 1.21. The first-order valence-corrected chi connectivity index (χ1v) is 8.17. The normalized spacial score (nSPS) is 12.3. The second-order valence-electron chi connectivity index (χ2n) is 6.19. The zero-order valence-electron chi connectivity index (χ0n) is 13.2. The first-order valence-electron chi connectivity index (χ1n) is 7.29. The fraction of sp³-hybridized carbons (Fsp3) is 0.800. The molecule has 0 radical (unpaired) electrons. The van der Waals surface area contributed by atoms with E-state index in [0.29, 0.717) is 18.0 Å². The molecule has 19 heavy (non-hydrogen) atoms. The monoisotopic (exact) mass is 283 g/mol. The number of aromatic nitrogens is 1. The summed E-state index contributed by atoms with van der Waals surface area (Å²) in [6, 6.07) is 1.08. The fourth-order valence-corrected chi connectivity index (χ4v) is 2.67. The van der Waals surface area contributed by atoms with Crippen LogP contribution >= 0.6 is 11.3 Å². The molecule has 0 saturated heterocycles. The Morgan fingerprint density at radius 1 is 1.21 bits per heavy atom.